The van der Waals surface area contributed by atoms with Crippen molar-refractivity contribution >= 4 is 21.6 Å². The Labute approximate surface area is 106 Å². The number of aryl methyl sites for hydroxylation is 1. The summed E-state index contributed by atoms with van der Waals surface area (Å²) in [6.07, 6.45) is 4.59. The Kier molecular flexibility index (Phi) is 3.27. The molecule has 1 aliphatic carbocycles. The summed E-state index contributed by atoms with van der Waals surface area (Å²) in [5.74, 6) is 0. The summed E-state index contributed by atoms with van der Waals surface area (Å²) in [5, 5.41) is 0. The fraction of sp³-hybridized carbons (Fsp3) is 0.538. The number of hydrogen-bond acceptors (Lipinski definition) is 2. The van der Waals surface area contributed by atoms with E-state index < -0.39 is 0 Å². The molecule has 2 N–H and O–H groups in total. The molecule has 0 heterocycles. The molecule has 0 unspecified atom stereocenters. The highest BCUT2D eigenvalue weighted by Crippen LogP contribution is 2.37. The lowest BCUT2D eigenvalue weighted by Crippen LogP contribution is -2.22. The average molecular weight is 283 g/mol. The van der Waals surface area contributed by atoms with Gasteiger partial charge in [0.05, 0.1) is 5.69 Å². The summed E-state index contributed by atoms with van der Waals surface area (Å²) in [4.78, 5) is 2.11. The maximum Gasteiger partial charge on any atom is 0.0505 e. The number of nitrogens with two attached hydrogens (primary N) is 1. The van der Waals surface area contributed by atoms with E-state index in [9.17, 15) is 0 Å². The molecule has 0 atom stereocenters. The van der Waals surface area contributed by atoms with E-state index in [-0.39, 0.29) is 5.54 Å². The van der Waals surface area contributed by atoms with E-state index in [2.05, 4.69) is 53.1 Å². The van der Waals surface area contributed by atoms with Gasteiger partial charge in [-0.15, -0.1) is 0 Å². The van der Waals surface area contributed by atoms with Crippen LogP contribution in [0.3, 0.4) is 0 Å². The molecule has 1 aromatic rings. The van der Waals surface area contributed by atoms with Crippen molar-refractivity contribution in [2.24, 2.45) is 5.73 Å². The molecule has 16 heavy (non-hydrogen) atoms. The molecule has 0 aliphatic heterocycles. The molecule has 0 saturated heterocycles. The van der Waals surface area contributed by atoms with Crippen molar-refractivity contribution in [2.45, 2.75) is 31.2 Å². The van der Waals surface area contributed by atoms with Gasteiger partial charge in [0.2, 0.25) is 0 Å². The van der Waals surface area contributed by atoms with Gasteiger partial charge in [-0.1, -0.05) is 6.07 Å². The summed E-state index contributed by atoms with van der Waals surface area (Å²) in [5.41, 5.74) is 8.84. The van der Waals surface area contributed by atoms with E-state index >= 15 is 0 Å². The van der Waals surface area contributed by atoms with Gasteiger partial charge in [0, 0.05) is 24.1 Å². The zero-order valence-corrected chi connectivity index (χ0v) is 11.5. The van der Waals surface area contributed by atoms with Crippen LogP contribution in [0.5, 0.6) is 0 Å². The molecule has 0 amide bonds. The van der Waals surface area contributed by atoms with E-state index in [1.807, 2.05) is 0 Å². The highest BCUT2D eigenvalue weighted by atomic mass is 79.9. The number of rotatable bonds is 4. The van der Waals surface area contributed by atoms with Gasteiger partial charge < -0.3 is 10.6 Å². The maximum atomic E-state index is 6.09. The third-order valence-corrected chi connectivity index (χ3v) is 3.93. The Morgan fingerprint density at radius 2 is 2.06 bits per heavy atom. The second kappa shape index (κ2) is 4.38. The SMILES string of the molecule is CN(C)c1ccc(CCC2(N)CC2)cc1Br. The van der Waals surface area contributed by atoms with Crippen LogP contribution in [0.25, 0.3) is 0 Å². The van der Waals surface area contributed by atoms with E-state index in [0.29, 0.717) is 0 Å². The van der Waals surface area contributed by atoms with Crippen molar-refractivity contribution in [1.82, 2.24) is 0 Å². The van der Waals surface area contributed by atoms with E-state index in [1.165, 1.54) is 24.1 Å². The first kappa shape index (κ1) is 11.9. The zero-order valence-electron chi connectivity index (χ0n) is 9.96. The van der Waals surface area contributed by atoms with Crippen LogP contribution in [0.4, 0.5) is 5.69 Å². The summed E-state index contributed by atoms with van der Waals surface area (Å²) < 4.78 is 1.16. The molecular formula is C13H19BrN2. The van der Waals surface area contributed by atoms with Crippen LogP contribution in [0.2, 0.25) is 0 Å². The Morgan fingerprint density at radius 1 is 1.38 bits per heavy atom. The standard InChI is InChI=1S/C13H19BrN2/c1-16(2)12-4-3-10(9-11(12)14)5-6-13(15)7-8-13/h3-4,9H,5-8,15H2,1-2H3. The van der Waals surface area contributed by atoms with Gasteiger partial charge in [0.15, 0.2) is 0 Å². The van der Waals surface area contributed by atoms with Crippen molar-refractivity contribution in [3.63, 3.8) is 0 Å². The minimum absolute atomic E-state index is 0.159. The van der Waals surface area contributed by atoms with E-state index in [0.717, 1.165) is 17.3 Å². The van der Waals surface area contributed by atoms with Crippen LogP contribution < -0.4 is 10.6 Å². The first-order valence-corrected chi connectivity index (χ1v) is 6.54. The largest absolute Gasteiger partial charge is 0.377 e. The van der Waals surface area contributed by atoms with Crippen molar-refractivity contribution < 1.29 is 0 Å². The molecule has 0 aromatic heterocycles. The number of anilines is 1. The number of nitrogens with zero attached hydrogens (tertiary/aromatic N) is 1. The predicted molar refractivity (Wildman–Crippen MR) is 72.9 cm³/mol. The third-order valence-electron chi connectivity index (χ3n) is 3.30. The van der Waals surface area contributed by atoms with Crippen LogP contribution in [-0.2, 0) is 6.42 Å². The third kappa shape index (κ3) is 2.77. The first-order valence-electron chi connectivity index (χ1n) is 5.75. The van der Waals surface area contributed by atoms with E-state index in [4.69, 9.17) is 5.73 Å². The van der Waals surface area contributed by atoms with Crippen LogP contribution in [0.15, 0.2) is 22.7 Å². The fourth-order valence-corrected chi connectivity index (χ4v) is 2.65. The molecule has 2 rings (SSSR count). The molecule has 0 bridgehead atoms. The van der Waals surface area contributed by atoms with Gasteiger partial charge in [-0.3, -0.25) is 0 Å². The van der Waals surface area contributed by atoms with Crippen LogP contribution in [0, 0.1) is 0 Å². The zero-order chi connectivity index (χ0) is 11.8. The lowest BCUT2D eigenvalue weighted by atomic mass is 10.0. The van der Waals surface area contributed by atoms with E-state index in [1.54, 1.807) is 0 Å². The fourth-order valence-electron chi connectivity index (χ4n) is 1.87. The monoisotopic (exact) mass is 282 g/mol. The smallest absolute Gasteiger partial charge is 0.0505 e. The van der Waals surface area contributed by atoms with Gasteiger partial charge in [-0.25, -0.2) is 0 Å². The highest BCUT2D eigenvalue weighted by Gasteiger charge is 2.37. The number of benzene rings is 1. The Morgan fingerprint density at radius 3 is 2.56 bits per heavy atom. The highest BCUT2D eigenvalue weighted by molar-refractivity contribution is 9.10. The molecule has 1 saturated carbocycles. The molecule has 0 spiro atoms. The summed E-state index contributed by atoms with van der Waals surface area (Å²) in [6, 6.07) is 6.57. The van der Waals surface area contributed by atoms with Gasteiger partial charge in [0.25, 0.3) is 0 Å². The maximum absolute atomic E-state index is 6.09. The normalized spacial score (nSPS) is 17.2. The Balaban J connectivity index is 2.03. The summed E-state index contributed by atoms with van der Waals surface area (Å²) >= 11 is 3.61. The van der Waals surface area contributed by atoms with Gasteiger partial charge in [-0.2, -0.15) is 0 Å². The van der Waals surface area contributed by atoms with Crippen molar-refractivity contribution in [3.8, 4) is 0 Å². The minimum atomic E-state index is 0.159. The van der Waals surface area contributed by atoms with Gasteiger partial charge in [0.1, 0.15) is 0 Å². The lowest BCUT2D eigenvalue weighted by Gasteiger charge is -2.16. The van der Waals surface area contributed by atoms with Gasteiger partial charge in [-0.05, 0) is 59.3 Å². The van der Waals surface area contributed by atoms with Crippen molar-refractivity contribution in [3.05, 3.63) is 28.2 Å². The molecule has 3 heteroatoms. The Bertz CT molecular complexity index is 384. The second-order valence-electron chi connectivity index (χ2n) is 5.04. The van der Waals surface area contributed by atoms with Crippen molar-refractivity contribution in [1.29, 1.82) is 0 Å². The lowest BCUT2D eigenvalue weighted by molar-refractivity contribution is 0.609. The molecule has 0 radical (unpaired) electrons. The first-order chi connectivity index (χ1) is 7.50. The molecular weight excluding hydrogens is 264 g/mol. The second-order valence-corrected chi connectivity index (χ2v) is 5.90. The molecule has 88 valence electrons. The topological polar surface area (TPSA) is 29.3 Å². The van der Waals surface area contributed by atoms with Crippen LogP contribution >= 0.6 is 15.9 Å². The summed E-state index contributed by atoms with van der Waals surface area (Å²) in [6.45, 7) is 0. The Hall–Kier alpha value is -0.540. The number of hydrogen-bond donors (Lipinski definition) is 1. The predicted octanol–water partition coefficient (Wildman–Crippen LogP) is 2.94. The molecule has 2 nitrogen and oxygen atoms in total. The van der Waals surface area contributed by atoms with Crippen LogP contribution in [-0.4, -0.2) is 19.6 Å². The minimum Gasteiger partial charge on any atom is -0.377 e. The molecule has 1 aliphatic rings. The summed E-state index contributed by atoms with van der Waals surface area (Å²) in [7, 11) is 4.11. The van der Waals surface area contributed by atoms with Gasteiger partial charge >= 0.3 is 0 Å². The quantitative estimate of drug-likeness (QED) is 0.920. The van der Waals surface area contributed by atoms with Crippen molar-refractivity contribution in [2.75, 3.05) is 19.0 Å². The van der Waals surface area contributed by atoms with Crippen LogP contribution in [0.1, 0.15) is 24.8 Å². The molecule has 1 fully saturated rings. The molecule has 1 aromatic carbocycles. The average Bonchev–Trinajstić information content (AvgIpc) is 2.94. The number of halogens is 1.